The molecule has 19 nitrogen and oxygen atoms in total. The van der Waals surface area contributed by atoms with Gasteiger partial charge in [0.15, 0.2) is 0 Å². The number of amides is 8. The minimum Gasteiger partial charge on any atom is -0.480 e. The number of carboxylic acid groups (broad SMARTS) is 1. The summed E-state index contributed by atoms with van der Waals surface area (Å²) in [5.41, 5.74) is 4.95. The molecule has 1 aliphatic carbocycles. The van der Waals surface area contributed by atoms with E-state index >= 15 is 0 Å². The van der Waals surface area contributed by atoms with Gasteiger partial charge in [0.25, 0.3) is 0 Å². The molecule has 8 amide bonds. The normalized spacial score (nSPS) is 15.0. The summed E-state index contributed by atoms with van der Waals surface area (Å²) in [5, 5.41) is 17.3. The highest BCUT2D eigenvalue weighted by Crippen LogP contribution is 2.44. The lowest BCUT2D eigenvalue weighted by Gasteiger charge is -2.37. The molecule has 0 bridgehead atoms. The number of fused-ring (bicyclic) bond motifs is 3. The summed E-state index contributed by atoms with van der Waals surface area (Å²) in [6.07, 6.45) is -0.120. The molecule has 0 radical (unpaired) electrons. The number of carboxylic acids is 1. The first-order valence-corrected chi connectivity index (χ1v) is 26.9. The highest BCUT2D eigenvalue weighted by atomic mass is 16.6. The molecule has 0 aromatic heterocycles. The maximum atomic E-state index is 14.9. The second-order valence-corrected chi connectivity index (χ2v) is 22.0. The third-order valence-electron chi connectivity index (χ3n) is 14.6. The lowest BCUT2D eigenvalue weighted by Crippen LogP contribution is -2.60. The maximum absolute atomic E-state index is 14.9. The van der Waals surface area contributed by atoms with Crippen LogP contribution in [-0.4, -0.2) is 173 Å². The summed E-state index contributed by atoms with van der Waals surface area (Å²) in [4.78, 5) is 131. The molecule has 0 unspecified atom stereocenters. The van der Waals surface area contributed by atoms with Crippen molar-refractivity contribution in [2.75, 3.05) is 41.8 Å². The molecular formula is C59H84N8O11. The van der Waals surface area contributed by atoms with E-state index < -0.39 is 102 Å². The fraction of sp³-hybridized carbons (Fsp3) is 0.542. The Morgan fingerprint density at radius 2 is 0.936 bits per heavy atom. The van der Waals surface area contributed by atoms with E-state index in [1.54, 1.807) is 31.2 Å². The van der Waals surface area contributed by atoms with Crippen LogP contribution in [0.5, 0.6) is 0 Å². The van der Waals surface area contributed by atoms with Crippen molar-refractivity contribution in [3.63, 3.8) is 0 Å². The van der Waals surface area contributed by atoms with Crippen molar-refractivity contribution in [2.45, 2.75) is 149 Å². The number of nitrogens with zero attached hydrogens (tertiary/aromatic N) is 5. The number of carbonyl (C=O) groups is 9. The molecule has 3 aromatic rings. The Kier molecular flexibility index (Phi) is 23.0. The molecule has 1 aliphatic rings. The summed E-state index contributed by atoms with van der Waals surface area (Å²) in [6.45, 7) is 17.1. The number of hydrogen-bond donors (Lipinski definition) is 4. The molecule has 0 fully saturated rings. The Morgan fingerprint density at radius 1 is 0.474 bits per heavy atom. The topological polar surface area (TPSA) is 235 Å². The Morgan fingerprint density at radius 3 is 1.46 bits per heavy atom. The van der Waals surface area contributed by atoms with Crippen LogP contribution in [0.1, 0.15) is 111 Å². The van der Waals surface area contributed by atoms with Gasteiger partial charge in [-0.05, 0) is 92.5 Å². The highest BCUT2D eigenvalue weighted by Gasteiger charge is 2.41. The molecule has 0 spiro atoms. The van der Waals surface area contributed by atoms with E-state index in [0.29, 0.717) is 5.56 Å². The van der Waals surface area contributed by atoms with Crippen LogP contribution in [-0.2, 0) is 49.5 Å². The van der Waals surface area contributed by atoms with Gasteiger partial charge in [-0.25, -0.2) is 4.79 Å². The summed E-state index contributed by atoms with van der Waals surface area (Å²) >= 11 is 0. The zero-order valence-corrected chi connectivity index (χ0v) is 48.2. The van der Waals surface area contributed by atoms with Crippen LogP contribution < -0.4 is 16.0 Å². The van der Waals surface area contributed by atoms with Gasteiger partial charge < -0.3 is 45.4 Å². The number of benzene rings is 3. The average molecular weight is 1080 g/mol. The fourth-order valence-corrected chi connectivity index (χ4v) is 9.66. The number of likely N-dealkylation sites (N-methyl/N-ethyl adjacent to an activating group) is 5. The van der Waals surface area contributed by atoms with E-state index in [4.69, 9.17) is 4.74 Å². The van der Waals surface area contributed by atoms with E-state index in [1.807, 2.05) is 96.1 Å². The Labute approximate surface area is 460 Å². The summed E-state index contributed by atoms with van der Waals surface area (Å²) in [6, 6.07) is 15.9. The molecule has 0 heterocycles. The van der Waals surface area contributed by atoms with Crippen molar-refractivity contribution in [2.24, 2.45) is 17.8 Å². The van der Waals surface area contributed by atoms with Crippen molar-refractivity contribution >= 4 is 53.4 Å². The van der Waals surface area contributed by atoms with Crippen LogP contribution in [0.15, 0.2) is 78.9 Å². The van der Waals surface area contributed by atoms with E-state index in [1.165, 1.54) is 75.6 Å². The van der Waals surface area contributed by atoms with E-state index in [2.05, 4.69) is 16.0 Å². The van der Waals surface area contributed by atoms with Crippen molar-refractivity contribution in [1.29, 1.82) is 0 Å². The monoisotopic (exact) mass is 1080 g/mol. The third-order valence-corrected chi connectivity index (χ3v) is 14.6. The van der Waals surface area contributed by atoms with Gasteiger partial charge in [0.05, 0.1) is 0 Å². The van der Waals surface area contributed by atoms with Gasteiger partial charge in [-0.2, -0.15) is 0 Å². The maximum Gasteiger partial charge on any atom is 0.410 e. The van der Waals surface area contributed by atoms with Crippen molar-refractivity contribution in [3.8, 4) is 11.1 Å². The number of nitrogens with one attached hydrogen (secondary N) is 3. The second kappa shape index (κ2) is 28.4. The van der Waals surface area contributed by atoms with Gasteiger partial charge in [-0.15, -0.1) is 0 Å². The van der Waals surface area contributed by atoms with E-state index in [0.717, 1.165) is 27.2 Å². The molecule has 4 N–H and O–H groups in total. The molecule has 3 aromatic carbocycles. The molecule has 0 saturated carbocycles. The number of ether oxygens (including phenoxy) is 1. The van der Waals surface area contributed by atoms with Gasteiger partial charge >= 0.3 is 12.1 Å². The van der Waals surface area contributed by atoms with Crippen LogP contribution in [0.2, 0.25) is 0 Å². The minimum atomic E-state index is -1.25. The first kappa shape index (κ1) is 63.2. The largest absolute Gasteiger partial charge is 0.480 e. The molecule has 0 saturated heterocycles. The van der Waals surface area contributed by atoms with Crippen molar-refractivity contribution in [3.05, 3.63) is 95.6 Å². The SMILES string of the molecule is CC(C)C[C@H](NC(=O)[C@H](Cc1ccccc1)N(C)C(=O)[C@H](CC(C)C)N(C)C(=O)[C@H](C)NC(=O)[C@H](CC(C)C)N(C)C(=O)[C@H](C)N(C)C(=O)OCC1c2ccccc2-c2ccccc21)C(=O)N(C)[C@@H](C)C(=O)N[C@@H](C)C(=O)O. The zero-order chi connectivity index (χ0) is 58.5. The number of carbonyl (C=O) groups excluding carboxylic acids is 8. The fourth-order valence-electron chi connectivity index (χ4n) is 9.66. The molecule has 4 rings (SSSR count). The molecule has 19 heteroatoms. The van der Waals surface area contributed by atoms with Crippen LogP contribution in [0.4, 0.5) is 4.79 Å². The first-order chi connectivity index (χ1) is 36.6. The molecule has 78 heavy (non-hydrogen) atoms. The first-order valence-electron chi connectivity index (χ1n) is 26.9. The Balaban J connectivity index is 1.51. The van der Waals surface area contributed by atoms with Crippen LogP contribution in [0.3, 0.4) is 0 Å². The van der Waals surface area contributed by atoms with Crippen LogP contribution in [0, 0.1) is 17.8 Å². The highest BCUT2D eigenvalue weighted by molar-refractivity contribution is 5.98. The van der Waals surface area contributed by atoms with E-state index in [-0.39, 0.29) is 56.0 Å². The predicted molar refractivity (Wildman–Crippen MR) is 297 cm³/mol. The van der Waals surface area contributed by atoms with Gasteiger partial charge in [0.2, 0.25) is 41.4 Å². The van der Waals surface area contributed by atoms with Crippen LogP contribution in [0.25, 0.3) is 11.1 Å². The smallest absolute Gasteiger partial charge is 0.410 e. The van der Waals surface area contributed by atoms with Gasteiger partial charge in [-0.3, -0.25) is 43.3 Å². The Bertz CT molecular complexity index is 2560. The number of hydrogen-bond acceptors (Lipinski definition) is 10. The molecule has 8 atom stereocenters. The number of aliphatic carboxylic acids is 1. The van der Waals surface area contributed by atoms with Gasteiger partial charge in [0, 0.05) is 47.6 Å². The second-order valence-electron chi connectivity index (χ2n) is 22.0. The van der Waals surface area contributed by atoms with Gasteiger partial charge in [0.1, 0.15) is 54.9 Å². The Hall–Kier alpha value is -7.31. The minimum absolute atomic E-state index is 0.0291. The van der Waals surface area contributed by atoms with E-state index in [9.17, 15) is 48.3 Å². The molecule has 426 valence electrons. The number of rotatable bonds is 26. The van der Waals surface area contributed by atoms with Crippen molar-refractivity contribution < 1.29 is 53.0 Å². The quantitative estimate of drug-likeness (QED) is 0.0779. The summed E-state index contributed by atoms with van der Waals surface area (Å²) in [5.74, 6) is -6.04. The lowest BCUT2D eigenvalue weighted by molar-refractivity contribution is -0.150. The summed E-state index contributed by atoms with van der Waals surface area (Å²) < 4.78 is 5.83. The van der Waals surface area contributed by atoms with Gasteiger partial charge in [-0.1, -0.05) is 120 Å². The molecular weight excluding hydrogens is 997 g/mol. The zero-order valence-electron chi connectivity index (χ0n) is 48.2. The predicted octanol–water partition coefficient (Wildman–Crippen LogP) is 5.54. The lowest BCUT2D eigenvalue weighted by atomic mass is 9.97. The average Bonchev–Trinajstić information content (AvgIpc) is 3.73. The van der Waals surface area contributed by atoms with Crippen molar-refractivity contribution in [1.82, 2.24) is 40.4 Å². The standard InChI is InChI=1S/C59H84N8O11/c1-34(2)29-47(56(73)63(11)39(9)51(68)61-38(8)58(75)76)62-53(70)49(32-41-23-17-16-18-24-41)66(14)57(74)50(31-36(5)6)67(15)54(71)37(7)60-52(69)48(30-35(3)4)65(13)55(72)40(10)64(12)59(77)78-33-46-44-27-21-19-25-42(44)43-26-20-22-28-45(43)46/h16-28,34-40,46-50H,29-33H2,1-15H3,(H,60,69)(H,61,68)(H,62,70)(H,75,76)/t37-,38-,39-,40-,47-,48-,49-,50-/m0/s1. The summed E-state index contributed by atoms with van der Waals surface area (Å²) in [7, 11) is 7.26. The molecule has 0 aliphatic heterocycles. The van der Waals surface area contributed by atoms with Crippen LogP contribution >= 0.6 is 0 Å². The third kappa shape index (κ3) is 16.1.